The fourth-order valence-electron chi connectivity index (χ4n) is 3.83. The molecular formula is C17H30N4. The van der Waals surface area contributed by atoms with Gasteiger partial charge in [-0.2, -0.15) is 5.10 Å². The predicted molar refractivity (Wildman–Crippen MR) is 86.0 cm³/mol. The predicted octanol–water partition coefficient (Wildman–Crippen LogP) is 2.41. The first kappa shape index (κ1) is 15.0. The summed E-state index contributed by atoms with van der Waals surface area (Å²) in [4.78, 5) is 2.70. The number of nitrogens with zero attached hydrogens (tertiary/aromatic N) is 3. The van der Waals surface area contributed by atoms with Crippen LogP contribution in [-0.4, -0.2) is 39.4 Å². The zero-order chi connectivity index (χ0) is 15.0. The van der Waals surface area contributed by atoms with Crippen molar-refractivity contribution in [3.05, 3.63) is 18.0 Å². The van der Waals surface area contributed by atoms with E-state index in [1.807, 2.05) is 17.9 Å². The van der Waals surface area contributed by atoms with E-state index in [-0.39, 0.29) is 0 Å². The van der Waals surface area contributed by atoms with E-state index in [4.69, 9.17) is 0 Å². The quantitative estimate of drug-likeness (QED) is 0.904. The number of aryl methyl sites for hydroxylation is 1. The molecule has 1 N–H and O–H groups in total. The van der Waals surface area contributed by atoms with Crippen LogP contribution in [0.5, 0.6) is 0 Å². The second-order valence-corrected chi connectivity index (χ2v) is 7.78. The molecule has 2 aliphatic rings. The fourth-order valence-corrected chi connectivity index (χ4v) is 3.83. The van der Waals surface area contributed by atoms with Gasteiger partial charge in [-0.15, -0.1) is 0 Å². The van der Waals surface area contributed by atoms with E-state index in [2.05, 4.69) is 42.3 Å². The largest absolute Gasteiger partial charge is 0.308 e. The Balaban J connectivity index is 1.72. The van der Waals surface area contributed by atoms with Crippen molar-refractivity contribution in [3.63, 3.8) is 0 Å². The molecule has 2 atom stereocenters. The first-order chi connectivity index (χ1) is 9.96. The number of piperazine rings is 1. The van der Waals surface area contributed by atoms with E-state index in [9.17, 15) is 0 Å². The third kappa shape index (κ3) is 3.49. The van der Waals surface area contributed by atoms with Gasteiger partial charge in [-0.05, 0) is 38.0 Å². The maximum atomic E-state index is 4.33. The van der Waals surface area contributed by atoms with Gasteiger partial charge in [0, 0.05) is 50.0 Å². The molecule has 3 rings (SSSR count). The molecule has 2 unspecified atom stereocenters. The third-order valence-corrected chi connectivity index (χ3v) is 5.16. The molecule has 21 heavy (non-hydrogen) atoms. The van der Waals surface area contributed by atoms with Gasteiger partial charge >= 0.3 is 0 Å². The summed E-state index contributed by atoms with van der Waals surface area (Å²) in [7, 11) is 2.00. The molecule has 1 aliphatic carbocycles. The van der Waals surface area contributed by atoms with Gasteiger partial charge in [0.25, 0.3) is 0 Å². The molecular weight excluding hydrogens is 260 g/mol. The molecule has 118 valence electrons. The summed E-state index contributed by atoms with van der Waals surface area (Å²) >= 11 is 0. The highest BCUT2D eigenvalue weighted by Crippen LogP contribution is 2.41. The molecule has 1 aromatic heterocycles. The zero-order valence-electron chi connectivity index (χ0n) is 14.0. The van der Waals surface area contributed by atoms with Crippen molar-refractivity contribution in [1.82, 2.24) is 20.0 Å². The van der Waals surface area contributed by atoms with E-state index in [0.29, 0.717) is 11.6 Å². The number of rotatable bonds is 5. The number of hydrogen-bond acceptors (Lipinski definition) is 3. The molecule has 4 nitrogen and oxygen atoms in total. The third-order valence-electron chi connectivity index (χ3n) is 5.16. The van der Waals surface area contributed by atoms with Gasteiger partial charge in [0.1, 0.15) is 0 Å². The van der Waals surface area contributed by atoms with Crippen molar-refractivity contribution >= 4 is 0 Å². The molecule has 0 amide bonds. The van der Waals surface area contributed by atoms with Gasteiger partial charge in [-0.25, -0.2) is 0 Å². The van der Waals surface area contributed by atoms with Crippen molar-refractivity contribution in [1.29, 1.82) is 0 Å². The Morgan fingerprint density at radius 2 is 2.19 bits per heavy atom. The van der Waals surface area contributed by atoms with Crippen molar-refractivity contribution < 1.29 is 0 Å². The fraction of sp³-hybridized carbons (Fsp3) is 0.824. The average molecular weight is 290 g/mol. The van der Waals surface area contributed by atoms with Crippen LogP contribution in [0.2, 0.25) is 0 Å². The van der Waals surface area contributed by atoms with Gasteiger partial charge in [-0.3, -0.25) is 9.58 Å². The standard InChI is InChI=1S/C17H30N4/c1-13(2)7-16-9-18-17(3,15-5-6-15)12-21(16)11-14-8-19-20(4)10-14/h8,10,13,15-16,18H,5-7,9,11-12H2,1-4H3. The highest BCUT2D eigenvalue weighted by atomic mass is 15.3. The Labute approximate surface area is 128 Å². The normalized spacial score (nSPS) is 31.0. The lowest BCUT2D eigenvalue weighted by Gasteiger charge is -2.47. The average Bonchev–Trinajstić information content (AvgIpc) is 3.18. The van der Waals surface area contributed by atoms with Crippen LogP contribution in [0.1, 0.15) is 45.6 Å². The summed E-state index contributed by atoms with van der Waals surface area (Å²) in [6.45, 7) is 10.4. The molecule has 1 saturated heterocycles. The lowest BCUT2D eigenvalue weighted by Crippen LogP contribution is -2.63. The summed E-state index contributed by atoms with van der Waals surface area (Å²) in [5.41, 5.74) is 1.65. The molecule has 1 aliphatic heterocycles. The Hall–Kier alpha value is -0.870. The van der Waals surface area contributed by atoms with Crippen LogP contribution in [0.3, 0.4) is 0 Å². The molecule has 0 aromatic carbocycles. The summed E-state index contributed by atoms with van der Waals surface area (Å²) in [6.07, 6.45) is 8.25. The van der Waals surface area contributed by atoms with Gasteiger partial charge in [0.15, 0.2) is 0 Å². The minimum Gasteiger partial charge on any atom is -0.308 e. The molecule has 1 aromatic rings. The molecule has 2 heterocycles. The molecule has 0 radical (unpaired) electrons. The Kier molecular flexibility index (Phi) is 4.10. The molecule has 2 fully saturated rings. The smallest absolute Gasteiger partial charge is 0.0534 e. The highest BCUT2D eigenvalue weighted by Gasteiger charge is 2.45. The minimum atomic E-state index is 0.315. The maximum absolute atomic E-state index is 4.33. The van der Waals surface area contributed by atoms with Gasteiger partial charge in [-0.1, -0.05) is 13.8 Å². The van der Waals surface area contributed by atoms with Gasteiger partial charge in [0.05, 0.1) is 6.20 Å². The van der Waals surface area contributed by atoms with Crippen molar-refractivity contribution in [3.8, 4) is 0 Å². The first-order valence-electron chi connectivity index (χ1n) is 8.43. The lowest BCUT2D eigenvalue weighted by atomic mass is 9.88. The number of nitrogens with one attached hydrogen (secondary N) is 1. The maximum Gasteiger partial charge on any atom is 0.0534 e. The zero-order valence-corrected chi connectivity index (χ0v) is 14.0. The van der Waals surface area contributed by atoms with Crippen molar-refractivity contribution in [2.24, 2.45) is 18.9 Å². The van der Waals surface area contributed by atoms with Crippen LogP contribution in [0.4, 0.5) is 0 Å². The second-order valence-electron chi connectivity index (χ2n) is 7.78. The van der Waals surface area contributed by atoms with Crippen LogP contribution < -0.4 is 5.32 Å². The van der Waals surface area contributed by atoms with Gasteiger partial charge in [0.2, 0.25) is 0 Å². The highest BCUT2D eigenvalue weighted by molar-refractivity contribution is 5.08. The topological polar surface area (TPSA) is 33.1 Å². The molecule has 0 bridgehead atoms. The Bertz CT molecular complexity index is 477. The summed E-state index contributed by atoms with van der Waals surface area (Å²) in [5.74, 6) is 1.63. The van der Waals surface area contributed by atoms with Crippen LogP contribution in [0, 0.1) is 11.8 Å². The lowest BCUT2D eigenvalue weighted by molar-refractivity contribution is 0.0581. The van der Waals surface area contributed by atoms with E-state index in [1.165, 1.54) is 31.4 Å². The Morgan fingerprint density at radius 3 is 2.76 bits per heavy atom. The van der Waals surface area contributed by atoms with Crippen LogP contribution in [0.25, 0.3) is 0 Å². The number of hydrogen-bond donors (Lipinski definition) is 1. The van der Waals surface area contributed by atoms with Crippen LogP contribution in [-0.2, 0) is 13.6 Å². The van der Waals surface area contributed by atoms with Crippen LogP contribution >= 0.6 is 0 Å². The Morgan fingerprint density at radius 1 is 1.43 bits per heavy atom. The van der Waals surface area contributed by atoms with E-state index >= 15 is 0 Å². The summed E-state index contributed by atoms with van der Waals surface area (Å²) < 4.78 is 1.91. The molecule has 1 saturated carbocycles. The van der Waals surface area contributed by atoms with E-state index < -0.39 is 0 Å². The van der Waals surface area contributed by atoms with E-state index in [0.717, 1.165) is 24.9 Å². The van der Waals surface area contributed by atoms with Crippen LogP contribution in [0.15, 0.2) is 12.4 Å². The van der Waals surface area contributed by atoms with E-state index in [1.54, 1.807) is 0 Å². The molecule has 0 spiro atoms. The SMILES string of the molecule is CC(C)CC1CNC(C)(C2CC2)CN1Cc1cnn(C)c1. The second kappa shape index (κ2) is 5.73. The van der Waals surface area contributed by atoms with Crippen molar-refractivity contribution in [2.45, 2.75) is 58.2 Å². The summed E-state index contributed by atoms with van der Waals surface area (Å²) in [5, 5.41) is 8.20. The van der Waals surface area contributed by atoms with Gasteiger partial charge < -0.3 is 5.32 Å². The van der Waals surface area contributed by atoms with Crippen molar-refractivity contribution in [2.75, 3.05) is 13.1 Å². The monoisotopic (exact) mass is 290 g/mol. The number of aromatic nitrogens is 2. The summed E-state index contributed by atoms with van der Waals surface area (Å²) in [6, 6.07) is 0.650. The minimum absolute atomic E-state index is 0.315. The first-order valence-corrected chi connectivity index (χ1v) is 8.43. The molecule has 4 heteroatoms.